The van der Waals surface area contributed by atoms with Crippen molar-refractivity contribution in [2.75, 3.05) is 33.0 Å². The summed E-state index contributed by atoms with van der Waals surface area (Å²) in [5, 5.41) is 0. The molecule has 0 heterocycles. The van der Waals surface area contributed by atoms with Gasteiger partial charge in [-0.3, -0.25) is 4.79 Å². The van der Waals surface area contributed by atoms with E-state index in [1.54, 1.807) is 6.92 Å². The average molecular weight is 218 g/mol. The number of Topliss-reactive ketones (excluding diaryl/α,β-unsaturated/α-hetero) is 1. The summed E-state index contributed by atoms with van der Waals surface area (Å²) in [5.74, 6) is -0.357. The highest BCUT2D eigenvalue weighted by Crippen LogP contribution is 1.87. The third-order valence-electron chi connectivity index (χ3n) is 1.41. The van der Waals surface area contributed by atoms with Crippen LogP contribution in [0.2, 0.25) is 0 Å². The van der Waals surface area contributed by atoms with Crippen molar-refractivity contribution in [3.05, 3.63) is 0 Å². The van der Waals surface area contributed by atoms with Gasteiger partial charge in [-0.1, -0.05) is 0 Å². The molecule has 0 N–H and O–H groups in total. The van der Waals surface area contributed by atoms with Crippen LogP contribution in [0, 0.1) is 0 Å². The van der Waals surface area contributed by atoms with Crippen molar-refractivity contribution in [2.45, 2.75) is 20.3 Å². The lowest BCUT2D eigenvalue weighted by atomic mass is 10.4. The lowest BCUT2D eigenvalue weighted by Gasteiger charge is -2.04. The number of carbonyl (C=O) groups excluding carboxylic acids is 2. The number of rotatable bonds is 9. The maximum Gasteiger partial charge on any atom is 0.332 e. The van der Waals surface area contributed by atoms with Crippen molar-refractivity contribution in [2.24, 2.45) is 0 Å². The molecule has 0 spiro atoms. The second-order valence-electron chi connectivity index (χ2n) is 2.97. The lowest BCUT2D eigenvalue weighted by Crippen LogP contribution is -2.14. The molecule has 0 fully saturated rings. The molecule has 0 amide bonds. The first kappa shape index (κ1) is 14.1. The average Bonchev–Trinajstić information content (AvgIpc) is 2.16. The summed E-state index contributed by atoms with van der Waals surface area (Å²) in [7, 11) is 0. The molecule has 0 atom stereocenters. The molecule has 0 rings (SSSR count). The number of hydrogen-bond acceptors (Lipinski definition) is 5. The highest BCUT2D eigenvalue weighted by atomic mass is 16.6. The quantitative estimate of drug-likeness (QED) is 0.418. The van der Waals surface area contributed by atoms with E-state index in [0.717, 1.165) is 0 Å². The first-order valence-electron chi connectivity index (χ1n) is 4.97. The van der Waals surface area contributed by atoms with E-state index >= 15 is 0 Å². The van der Waals surface area contributed by atoms with E-state index < -0.39 is 0 Å². The standard InChI is InChI=1S/C10H18O5/c1-3-15-10(12)8-14-6-4-5-13-7-9(2)11/h3-8H2,1-2H3. The van der Waals surface area contributed by atoms with Crippen LogP contribution in [0.4, 0.5) is 0 Å². The zero-order chi connectivity index (χ0) is 11.5. The number of hydrogen-bond donors (Lipinski definition) is 0. The molecule has 0 aromatic carbocycles. The topological polar surface area (TPSA) is 61.8 Å². The summed E-state index contributed by atoms with van der Waals surface area (Å²) in [4.78, 5) is 21.3. The van der Waals surface area contributed by atoms with Crippen LogP contribution in [0.5, 0.6) is 0 Å². The second-order valence-corrected chi connectivity index (χ2v) is 2.97. The maximum absolute atomic E-state index is 10.8. The first-order chi connectivity index (χ1) is 7.16. The van der Waals surface area contributed by atoms with E-state index in [2.05, 4.69) is 4.74 Å². The number of ether oxygens (including phenoxy) is 3. The summed E-state index contributed by atoms with van der Waals surface area (Å²) in [6, 6.07) is 0. The van der Waals surface area contributed by atoms with Crippen LogP contribution in [0.3, 0.4) is 0 Å². The van der Waals surface area contributed by atoms with Gasteiger partial charge in [0.05, 0.1) is 6.61 Å². The molecule has 0 aliphatic rings. The molecule has 5 heteroatoms. The number of ketones is 1. The Morgan fingerprint density at radius 1 is 1.07 bits per heavy atom. The lowest BCUT2D eigenvalue weighted by molar-refractivity contribution is -0.148. The van der Waals surface area contributed by atoms with Crippen molar-refractivity contribution in [3.8, 4) is 0 Å². The molecule has 0 aromatic rings. The molecule has 0 aliphatic carbocycles. The van der Waals surface area contributed by atoms with Crippen molar-refractivity contribution in [1.82, 2.24) is 0 Å². The van der Waals surface area contributed by atoms with Gasteiger partial charge < -0.3 is 14.2 Å². The van der Waals surface area contributed by atoms with Gasteiger partial charge in [0, 0.05) is 13.2 Å². The van der Waals surface area contributed by atoms with E-state index in [1.165, 1.54) is 6.92 Å². The van der Waals surface area contributed by atoms with E-state index in [1.807, 2.05) is 0 Å². The third-order valence-corrected chi connectivity index (χ3v) is 1.41. The van der Waals surface area contributed by atoms with E-state index in [4.69, 9.17) is 9.47 Å². The minimum Gasteiger partial charge on any atom is -0.464 e. The van der Waals surface area contributed by atoms with Gasteiger partial charge in [0.15, 0.2) is 5.78 Å². The second kappa shape index (κ2) is 9.61. The molecule has 0 unspecified atom stereocenters. The smallest absolute Gasteiger partial charge is 0.332 e. The molecule has 0 saturated carbocycles. The normalized spacial score (nSPS) is 10.0. The highest BCUT2D eigenvalue weighted by Gasteiger charge is 2.00. The van der Waals surface area contributed by atoms with Gasteiger partial charge in [0.25, 0.3) is 0 Å². The fraction of sp³-hybridized carbons (Fsp3) is 0.800. The molecule has 0 saturated heterocycles. The van der Waals surface area contributed by atoms with Crippen LogP contribution in [0.25, 0.3) is 0 Å². The zero-order valence-corrected chi connectivity index (χ0v) is 9.28. The SMILES string of the molecule is CCOC(=O)COCCCOCC(C)=O. The van der Waals surface area contributed by atoms with Crippen LogP contribution in [0.15, 0.2) is 0 Å². The van der Waals surface area contributed by atoms with Gasteiger partial charge in [-0.15, -0.1) is 0 Å². The Hall–Kier alpha value is -0.940. The largest absolute Gasteiger partial charge is 0.464 e. The maximum atomic E-state index is 10.8. The predicted molar refractivity (Wildman–Crippen MR) is 53.6 cm³/mol. The van der Waals surface area contributed by atoms with Crippen LogP contribution >= 0.6 is 0 Å². The Balaban J connectivity index is 3.11. The van der Waals surface area contributed by atoms with Crippen LogP contribution in [-0.4, -0.2) is 44.8 Å². The molecule has 5 nitrogen and oxygen atoms in total. The zero-order valence-electron chi connectivity index (χ0n) is 9.28. The molecule has 88 valence electrons. The molecule has 0 aliphatic heterocycles. The third kappa shape index (κ3) is 11.0. The van der Waals surface area contributed by atoms with Crippen LogP contribution in [-0.2, 0) is 23.8 Å². The summed E-state index contributed by atoms with van der Waals surface area (Å²) in [5.41, 5.74) is 0. The summed E-state index contributed by atoms with van der Waals surface area (Å²) in [6.45, 7) is 4.58. The summed E-state index contributed by atoms with van der Waals surface area (Å²) in [6.07, 6.45) is 0.659. The van der Waals surface area contributed by atoms with Gasteiger partial charge in [-0.2, -0.15) is 0 Å². The van der Waals surface area contributed by atoms with Gasteiger partial charge in [0.2, 0.25) is 0 Å². The predicted octanol–water partition coefficient (Wildman–Crippen LogP) is 0.562. The van der Waals surface area contributed by atoms with Crippen molar-refractivity contribution >= 4 is 11.8 Å². The van der Waals surface area contributed by atoms with E-state index in [0.29, 0.717) is 26.2 Å². The van der Waals surface area contributed by atoms with Crippen LogP contribution in [0.1, 0.15) is 20.3 Å². The van der Waals surface area contributed by atoms with E-state index in [9.17, 15) is 9.59 Å². The van der Waals surface area contributed by atoms with Crippen molar-refractivity contribution in [3.63, 3.8) is 0 Å². The fourth-order valence-electron chi connectivity index (χ4n) is 0.837. The molecule has 15 heavy (non-hydrogen) atoms. The van der Waals surface area contributed by atoms with E-state index in [-0.39, 0.29) is 25.0 Å². The van der Waals surface area contributed by atoms with Gasteiger partial charge in [0.1, 0.15) is 13.2 Å². The van der Waals surface area contributed by atoms with Crippen LogP contribution < -0.4 is 0 Å². The Labute approximate surface area is 89.7 Å². The van der Waals surface area contributed by atoms with Gasteiger partial charge in [-0.05, 0) is 20.3 Å². The minimum atomic E-state index is -0.359. The van der Waals surface area contributed by atoms with Gasteiger partial charge >= 0.3 is 5.97 Å². The molecule has 0 aromatic heterocycles. The van der Waals surface area contributed by atoms with Crippen molar-refractivity contribution < 1.29 is 23.8 Å². The molecule has 0 bridgehead atoms. The monoisotopic (exact) mass is 218 g/mol. The first-order valence-corrected chi connectivity index (χ1v) is 4.97. The van der Waals surface area contributed by atoms with Gasteiger partial charge in [-0.25, -0.2) is 4.79 Å². The minimum absolute atomic E-state index is 0.00226. The Morgan fingerprint density at radius 2 is 1.67 bits per heavy atom. The Bertz CT molecular complexity index is 190. The summed E-state index contributed by atoms with van der Waals surface area (Å²) < 4.78 is 14.7. The number of esters is 1. The fourth-order valence-corrected chi connectivity index (χ4v) is 0.837. The molecule has 0 radical (unpaired) electrons. The number of carbonyl (C=O) groups is 2. The molecular weight excluding hydrogens is 200 g/mol. The Morgan fingerprint density at radius 3 is 2.20 bits per heavy atom. The summed E-state index contributed by atoms with van der Waals surface area (Å²) >= 11 is 0. The molecular formula is C10H18O5. The Kier molecular flexibility index (Phi) is 9.01. The highest BCUT2D eigenvalue weighted by molar-refractivity contribution is 5.76. The van der Waals surface area contributed by atoms with Crippen molar-refractivity contribution in [1.29, 1.82) is 0 Å².